The highest BCUT2D eigenvalue weighted by Gasteiger charge is 2.17. The van der Waals surface area contributed by atoms with Crippen LogP contribution in [0.3, 0.4) is 0 Å². The number of halogens is 1. The van der Waals surface area contributed by atoms with Crippen molar-refractivity contribution >= 4 is 38.1 Å². The highest BCUT2D eigenvalue weighted by Crippen LogP contribution is 2.23. The van der Waals surface area contributed by atoms with Crippen LogP contribution in [0.4, 0.5) is 0 Å². The molecule has 0 atom stereocenters. The highest BCUT2D eigenvalue weighted by molar-refractivity contribution is 9.10. The molecule has 0 aliphatic carbocycles. The summed E-state index contributed by atoms with van der Waals surface area (Å²) in [6, 6.07) is 20.1. The van der Waals surface area contributed by atoms with E-state index in [0.29, 0.717) is 16.9 Å². The highest BCUT2D eigenvalue weighted by atomic mass is 79.9. The summed E-state index contributed by atoms with van der Waals surface area (Å²) in [7, 11) is -3.77. The molecule has 32 heavy (non-hydrogen) atoms. The van der Waals surface area contributed by atoms with E-state index < -0.39 is 16.0 Å². The number of benzene rings is 3. The van der Waals surface area contributed by atoms with Crippen LogP contribution < -0.4 is 9.57 Å². The van der Waals surface area contributed by atoms with Gasteiger partial charge < -0.3 is 4.74 Å². The number of ether oxygens (including phenoxy) is 1. The maximum Gasteiger partial charge on any atom is 0.343 e. The maximum atomic E-state index is 12.4. The average molecular weight is 515 g/mol. The smallest absolute Gasteiger partial charge is 0.343 e. The first-order valence-electron chi connectivity index (χ1n) is 9.78. The molecule has 3 aromatic rings. The van der Waals surface area contributed by atoms with Gasteiger partial charge in [-0.05, 0) is 77.2 Å². The van der Waals surface area contributed by atoms with Crippen LogP contribution in [-0.2, 0) is 15.4 Å². The lowest BCUT2D eigenvalue weighted by atomic mass is 9.87. The molecular weight excluding hydrogens is 492 g/mol. The van der Waals surface area contributed by atoms with Gasteiger partial charge in [0, 0.05) is 4.47 Å². The van der Waals surface area contributed by atoms with E-state index in [1.54, 1.807) is 72.8 Å². The second kappa shape index (κ2) is 9.67. The number of carbonyl (C=O) groups is 1. The molecule has 0 aromatic heterocycles. The van der Waals surface area contributed by atoms with Crippen LogP contribution in [0.25, 0.3) is 0 Å². The molecule has 0 heterocycles. The number of hydrogen-bond donors (Lipinski definition) is 1. The number of carbonyl (C=O) groups excluding carboxylic acids is 1. The summed E-state index contributed by atoms with van der Waals surface area (Å²) in [5, 5.41) is 3.83. The van der Waals surface area contributed by atoms with E-state index in [0.717, 1.165) is 10.0 Å². The number of hydrogen-bond acceptors (Lipinski definition) is 5. The Hall–Kier alpha value is -2.97. The fourth-order valence-electron chi connectivity index (χ4n) is 2.73. The second-order valence-corrected chi connectivity index (χ2v) is 10.7. The molecule has 8 heteroatoms. The van der Waals surface area contributed by atoms with E-state index in [9.17, 15) is 13.2 Å². The Balaban J connectivity index is 1.60. The predicted molar refractivity (Wildman–Crippen MR) is 129 cm³/mol. The Morgan fingerprint density at radius 3 is 2.09 bits per heavy atom. The van der Waals surface area contributed by atoms with Gasteiger partial charge in [0.25, 0.3) is 10.0 Å². The van der Waals surface area contributed by atoms with Crippen LogP contribution in [0.5, 0.6) is 5.75 Å². The molecular formula is C24H23BrN2O4S. The van der Waals surface area contributed by atoms with Crippen LogP contribution in [0.1, 0.15) is 42.3 Å². The molecule has 0 amide bonds. The zero-order valence-electron chi connectivity index (χ0n) is 17.9. The van der Waals surface area contributed by atoms with Crippen molar-refractivity contribution in [3.05, 3.63) is 94.0 Å². The van der Waals surface area contributed by atoms with Crippen molar-refractivity contribution in [2.75, 3.05) is 0 Å². The van der Waals surface area contributed by atoms with E-state index >= 15 is 0 Å². The molecule has 0 bridgehead atoms. The molecule has 6 nitrogen and oxygen atoms in total. The number of nitrogens with one attached hydrogen (secondary N) is 1. The predicted octanol–water partition coefficient (Wildman–Crippen LogP) is 5.28. The number of esters is 1. The second-order valence-electron chi connectivity index (χ2n) is 8.09. The Labute approximate surface area is 196 Å². The van der Waals surface area contributed by atoms with E-state index in [-0.39, 0.29) is 10.3 Å². The standard InChI is InChI=1S/C24H23BrN2O4S/c1-24(2,3)19-8-14-22(15-9-19)32(29,30)27-26-16-17-4-12-21(13-5-17)31-23(28)18-6-10-20(25)11-7-18/h4-16,27H,1-3H3/b26-16+. The fourth-order valence-corrected chi connectivity index (χ4v) is 3.79. The molecule has 0 unspecified atom stereocenters. The monoisotopic (exact) mass is 514 g/mol. The number of sulfonamides is 1. The van der Waals surface area contributed by atoms with Crippen molar-refractivity contribution in [1.82, 2.24) is 4.83 Å². The van der Waals surface area contributed by atoms with Crippen molar-refractivity contribution in [2.45, 2.75) is 31.1 Å². The van der Waals surface area contributed by atoms with Gasteiger partial charge in [0.1, 0.15) is 5.75 Å². The number of hydrazone groups is 1. The van der Waals surface area contributed by atoms with Gasteiger partial charge in [0.15, 0.2) is 0 Å². The van der Waals surface area contributed by atoms with Gasteiger partial charge in [-0.3, -0.25) is 0 Å². The fraction of sp³-hybridized carbons (Fsp3) is 0.167. The largest absolute Gasteiger partial charge is 0.423 e. The van der Waals surface area contributed by atoms with Gasteiger partial charge in [0.05, 0.1) is 16.7 Å². The number of nitrogens with zero attached hydrogens (tertiary/aromatic N) is 1. The third kappa shape index (κ3) is 6.27. The Morgan fingerprint density at radius 2 is 1.53 bits per heavy atom. The summed E-state index contributed by atoms with van der Waals surface area (Å²) in [5.41, 5.74) is 2.05. The van der Waals surface area contributed by atoms with Crippen molar-refractivity contribution in [3.8, 4) is 5.75 Å². The zero-order chi connectivity index (χ0) is 23.4. The van der Waals surface area contributed by atoms with E-state index in [2.05, 4.69) is 46.6 Å². The van der Waals surface area contributed by atoms with Gasteiger partial charge in [-0.25, -0.2) is 9.63 Å². The first kappa shape index (κ1) is 23.7. The summed E-state index contributed by atoms with van der Waals surface area (Å²) in [6.07, 6.45) is 1.38. The average Bonchev–Trinajstić information content (AvgIpc) is 2.75. The third-order valence-corrected chi connectivity index (χ3v) is 6.35. The lowest BCUT2D eigenvalue weighted by Gasteiger charge is -2.19. The van der Waals surface area contributed by atoms with E-state index in [4.69, 9.17) is 4.74 Å². The molecule has 0 aliphatic heterocycles. The van der Waals surface area contributed by atoms with Crippen LogP contribution in [-0.4, -0.2) is 20.6 Å². The Morgan fingerprint density at radius 1 is 0.938 bits per heavy atom. The molecule has 1 N–H and O–H groups in total. The Kier molecular flexibility index (Phi) is 7.16. The summed E-state index contributed by atoms with van der Waals surface area (Å²) in [6.45, 7) is 6.18. The minimum absolute atomic E-state index is 0.0629. The van der Waals surface area contributed by atoms with Gasteiger partial charge >= 0.3 is 5.97 Å². The van der Waals surface area contributed by atoms with Crippen molar-refractivity contribution in [2.24, 2.45) is 5.10 Å². The third-order valence-electron chi connectivity index (χ3n) is 4.59. The molecule has 0 fully saturated rings. The minimum atomic E-state index is -3.77. The molecule has 166 valence electrons. The van der Waals surface area contributed by atoms with E-state index in [1.807, 2.05) is 0 Å². The van der Waals surface area contributed by atoms with Crippen molar-refractivity contribution in [3.63, 3.8) is 0 Å². The minimum Gasteiger partial charge on any atom is -0.423 e. The molecule has 0 spiro atoms. The number of rotatable bonds is 6. The maximum absolute atomic E-state index is 12.4. The first-order valence-corrected chi connectivity index (χ1v) is 12.1. The quantitative estimate of drug-likeness (QED) is 0.210. The zero-order valence-corrected chi connectivity index (χ0v) is 20.3. The molecule has 3 aromatic carbocycles. The van der Waals surface area contributed by atoms with Gasteiger partial charge in [0.2, 0.25) is 0 Å². The van der Waals surface area contributed by atoms with Gasteiger partial charge in [-0.15, -0.1) is 0 Å². The van der Waals surface area contributed by atoms with E-state index in [1.165, 1.54) is 6.21 Å². The van der Waals surface area contributed by atoms with Crippen molar-refractivity contribution in [1.29, 1.82) is 0 Å². The van der Waals surface area contributed by atoms with Gasteiger partial charge in [-0.2, -0.15) is 13.5 Å². The lowest BCUT2D eigenvalue weighted by molar-refractivity contribution is 0.0734. The van der Waals surface area contributed by atoms with Crippen LogP contribution in [0.2, 0.25) is 0 Å². The SMILES string of the molecule is CC(C)(C)c1ccc(S(=O)(=O)N/N=C/c2ccc(OC(=O)c3ccc(Br)cc3)cc2)cc1. The molecule has 0 saturated heterocycles. The van der Waals surface area contributed by atoms with Crippen molar-refractivity contribution < 1.29 is 17.9 Å². The summed E-state index contributed by atoms with van der Waals surface area (Å²) in [5.74, 6) is -0.0984. The first-order chi connectivity index (χ1) is 15.0. The molecule has 0 radical (unpaired) electrons. The summed E-state index contributed by atoms with van der Waals surface area (Å²) >= 11 is 3.32. The normalized spacial score (nSPS) is 12.0. The van der Waals surface area contributed by atoms with Crippen LogP contribution in [0.15, 0.2) is 87.3 Å². The lowest BCUT2D eigenvalue weighted by Crippen LogP contribution is -2.19. The van der Waals surface area contributed by atoms with Crippen LogP contribution in [0, 0.1) is 0 Å². The molecule has 0 aliphatic rings. The Bertz CT molecular complexity index is 1210. The summed E-state index contributed by atoms with van der Waals surface area (Å²) in [4.78, 5) is 14.5. The summed E-state index contributed by atoms with van der Waals surface area (Å²) < 4.78 is 31.1. The molecule has 0 saturated carbocycles. The topological polar surface area (TPSA) is 84.8 Å². The van der Waals surface area contributed by atoms with Crippen LogP contribution >= 0.6 is 15.9 Å². The van der Waals surface area contributed by atoms with Gasteiger partial charge in [-0.1, -0.05) is 48.8 Å². The molecule has 3 rings (SSSR count).